The van der Waals surface area contributed by atoms with Crippen molar-refractivity contribution < 1.29 is 4.79 Å². The zero-order chi connectivity index (χ0) is 18.5. The van der Waals surface area contributed by atoms with Crippen LogP contribution >= 0.6 is 0 Å². The normalized spacial score (nSPS) is 21.3. The summed E-state index contributed by atoms with van der Waals surface area (Å²) in [6, 6.07) is 12.3. The third-order valence-electron chi connectivity index (χ3n) is 5.52. The average molecular weight is 365 g/mol. The van der Waals surface area contributed by atoms with E-state index in [0.717, 1.165) is 64.5 Å². The van der Waals surface area contributed by atoms with Gasteiger partial charge in [-0.1, -0.05) is 30.3 Å². The number of benzene rings is 1. The molecule has 1 aromatic carbocycles. The number of nitrogens with zero attached hydrogens (tertiary/aromatic N) is 5. The minimum atomic E-state index is 0.0183. The molecule has 27 heavy (non-hydrogen) atoms. The van der Waals surface area contributed by atoms with Crippen LogP contribution in [0.5, 0.6) is 0 Å². The quantitative estimate of drug-likeness (QED) is 0.831. The predicted octanol–water partition coefficient (Wildman–Crippen LogP) is 2.18. The molecular weight excluding hydrogens is 338 g/mol. The third-order valence-corrected chi connectivity index (χ3v) is 5.52. The van der Waals surface area contributed by atoms with E-state index in [-0.39, 0.29) is 6.04 Å². The molecule has 6 nitrogen and oxygen atoms in total. The fourth-order valence-electron chi connectivity index (χ4n) is 4.12. The molecule has 2 saturated heterocycles. The molecule has 1 aromatic heterocycles. The van der Waals surface area contributed by atoms with Crippen molar-refractivity contribution >= 4 is 11.9 Å². The molecule has 2 aliphatic heterocycles. The van der Waals surface area contributed by atoms with E-state index in [1.54, 1.807) is 12.4 Å². The monoisotopic (exact) mass is 365 g/mol. The predicted molar refractivity (Wildman–Crippen MR) is 105 cm³/mol. The minimum Gasteiger partial charge on any atom is -0.339 e. The fourth-order valence-corrected chi connectivity index (χ4v) is 4.12. The van der Waals surface area contributed by atoms with E-state index >= 15 is 0 Å². The lowest BCUT2D eigenvalue weighted by Crippen LogP contribution is -2.46. The van der Waals surface area contributed by atoms with Crippen LogP contribution in [0.3, 0.4) is 0 Å². The molecule has 0 N–H and O–H groups in total. The maximum absolute atomic E-state index is 13.2. The van der Waals surface area contributed by atoms with Gasteiger partial charge in [-0.05, 0) is 37.4 Å². The Hall–Kier alpha value is -2.47. The highest BCUT2D eigenvalue weighted by molar-refractivity contribution is 5.82. The van der Waals surface area contributed by atoms with Gasteiger partial charge in [0.15, 0.2) is 0 Å². The molecule has 0 saturated carbocycles. The molecule has 1 atom stereocenters. The molecule has 142 valence electrons. The zero-order valence-corrected chi connectivity index (χ0v) is 15.7. The van der Waals surface area contributed by atoms with E-state index < -0.39 is 0 Å². The molecule has 0 spiro atoms. The summed E-state index contributed by atoms with van der Waals surface area (Å²) in [7, 11) is 0. The number of carbonyl (C=O) groups excluding carboxylic acids is 1. The first kappa shape index (κ1) is 17.9. The summed E-state index contributed by atoms with van der Waals surface area (Å²) in [5, 5.41) is 0. The lowest BCUT2D eigenvalue weighted by Gasteiger charge is -2.29. The van der Waals surface area contributed by atoms with Crippen molar-refractivity contribution in [3.63, 3.8) is 0 Å². The van der Waals surface area contributed by atoms with E-state index in [0.29, 0.717) is 5.91 Å². The van der Waals surface area contributed by atoms with Gasteiger partial charge >= 0.3 is 0 Å². The Morgan fingerprint density at radius 1 is 0.926 bits per heavy atom. The van der Waals surface area contributed by atoms with Crippen LogP contribution in [0.1, 0.15) is 24.8 Å². The summed E-state index contributed by atoms with van der Waals surface area (Å²) >= 11 is 0. The van der Waals surface area contributed by atoms with Crippen molar-refractivity contribution in [1.29, 1.82) is 0 Å². The summed E-state index contributed by atoms with van der Waals surface area (Å²) in [4.78, 5) is 28.5. The van der Waals surface area contributed by atoms with Gasteiger partial charge in [-0.3, -0.25) is 9.69 Å². The van der Waals surface area contributed by atoms with Crippen molar-refractivity contribution in [2.75, 3.05) is 37.6 Å². The number of hydrogen-bond donors (Lipinski definition) is 0. The number of carbonyl (C=O) groups is 1. The fraction of sp³-hybridized carbons (Fsp3) is 0.476. The first-order valence-electron chi connectivity index (χ1n) is 9.90. The molecule has 0 aliphatic carbocycles. The number of rotatable bonds is 4. The molecule has 1 amide bonds. The van der Waals surface area contributed by atoms with Gasteiger partial charge in [-0.15, -0.1) is 0 Å². The van der Waals surface area contributed by atoms with Crippen molar-refractivity contribution in [1.82, 2.24) is 19.8 Å². The van der Waals surface area contributed by atoms with Crippen molar-refractivity contribution in [3.8, 4) is 0 Å². The van der Waals surface area contributed by atoms with Gasteiger partial charge in [0.2, 0.25) is 11.9 Å². The number of amides is 1. The van der Waals surface area contributed by atoms with Crippen molar-refractivity contribution in [2.45, 2.75) is 31.8 Å². The highest BCUT2D eigenvalue weighted by Gasteiger charge is 2.34. The summed E-state index contributed by atoms with van der Waals surface area (Å²) in [5.41, 5.74) is 1.28. The van der Waals surface area contributed by atoms with Gasteiger partial charge in [0.1, 0.15) is 0 Å². The van der Waals surface area contributed by atoms with Crippen molar-refractivity contribution in [3.05, 3.63) is 54.4 Å². The van der Waals surface area contributed by atoms with Gasteiger partial charge in [0.25, 0.3) is 0 Å². The van der Waals surface area contributed by atoms with Crippen LogP contribution in [0, 0.1) is 0 Å². The van der Waals surface area contributed by atoms with Gasteiger partial charge in [-0.2, -0.15) is 0 Å². The van der Waals surface area contributed by atoms with E-state index in [2.05, 4.69) is 48.9 Å². The van der Waals surface area contributed by atoms with Crippen LogP contribution in [0.4, 0.5) is 5.95 Å². The summed E-state index contributed by atoms with van der Waals surface area (Å²) in [6.45, 7) is 5.11. The maximum atomic E-state index is 13.2. The topological polar surface area (TPSA) is 52.6 Å². The molecular formula is C21H27N5O. The van der Waals surface area contributed by atoms with Gasteiger partial charge < -0.3 is 9.80 Å². The first-order valence-corrected chi connectivity index (χ1v) is 9.90. The van der Waals surface area contributed by atoms with Gasteiger partial charge in [0, 0.05) is 45.1 Å². The Labute approximate surface area is 160 Å². The third kappa shape index (κ3) is 4.27. The Kier molecular flexibility index (Phi) is 5.63. The van der Waals surface area contributed by atoms with Crippen LogP contribution < -0.4 is 4.90 Å². The summed E-state index contributed by atoms with van der Waals surface area (Å²) < 4.78 is 0. The number of aromatic nitrogens is 2. The molecule has 3 heterocycles. The van der Waals surface area contributed by atoms with Gasteiger partial charge in [-0.25, -0.2) is 9.97 Å². The van der Waals surface area contributed by atoms with Gasteiger partial charge in [0.05, 0.1) is 6.04 Å². The molecule has 0 bridgehead atoms. The maximum Gasteiger partial charge on any atom is 0.240 e. The first-order chi connectivity index (χ1) is 13.3. The lowest BCUT2D eigenvalue weighted by atomic mass is 10.1. The van der Waals surface area contributed by atoms with Crippen molar-refractivity contribution in [2.24, 2.45) is 0 Å². The van der Waals surface area contributed by atoms with E-state index in [1.165, 1.54) is 5.56 Å². The second-order valence-corrected chi connectivity index (χ2v) is 7.33. The molecule has 6 heteroatoms. The highest BCUT2D eigenvalue weighted by atomic mass is 16.2. The largest absolute Gasteiger partial charge is 0.339 e. The highest BCUT2D eigenvalue weighted by Crippen LogP contribution is 2.23. The molecule has 2 aliphatic rings. The minimum absolute atomic E-state index is 0.0183. The van der Waals surface area contributed by atoms with Crippen LogP contribution in [0.2, 0.25) is 0 Å². The second-order valence-electron chi connectivity index (χ2n) is 7.33. The summed E-state index contributed by atoms with van der Waals surface area (Å²) in [5.74, 6) is 1.05. The Morgan fingerprint density at radius 3 is 2.56 bits per heavy atom. The van der Waals surface area contributed by atoms with Crippen LogP contribution in [-0.2, 0) is 11.3 Å². The summed E-state index contributed by atoms with van der Waals surface area (Å²) in [6.07, 6.45) is 6.57. The number of likely N-dealkylation sites (tertiary alicyclic amines) is 1. The van der Waals surface area contributed by atoms with E-state index in [4.69, 9.17) is 0 Å². The average Bonchev–Trinajstić information content (AvgIpc) is 3.03. The van der Waals surface area contributed by atoms with Crippen LogP contribution in [0.15, 0.2) is 48.8 Å². The second kappa shape index (κ2) is 8.48. The van der Waals surface area contributed by atoms with E-state index in [9.17, 15) is 4.79 Å². The SMILES string of the molecule is O=C([C@@H]1CCCN1Cc1ccccc1)N1CCCN(c2ncccn2)CC1. The Morgan fingerprint density at radius 2 is 1.74 bits per heavy atom. The molecule has 2 aromatic rings. The molecule has 0 unspecified atom stereocenters. The van der Waals surface area contributed by atoms with Crippen LogP contribution in [-0.4, -0.2) is 64.4 Å². The molecule has 4 rings (SSSR count). The lowest BCUT2D eigenvalue weighted by molar-refractivity contribution is -0.135. The Bertz CT molecular complexity index is 739. The standard InChI is InChI=1S/C21H27N5O/c27-20(19-9-4-12-26(19)17-18-7-2-1-3-8-18)24-13-6-14-25(16-15-24)21-22-10-5-11-23-21/h1-3,5,7-8,10-11,19H,4,6,9,12-17H2/t19-/m0/s1. The molecule has 2 fully saturated rings. The Balaban J connectivity index is 1.38. The zero-order valence-electron chi connectivity index (χ0n) is 15.7. The number of anilines is 1. The van der Waals surface area contributed by atoms with E-state index in [1.807, 2.05) is 12.1 Å². The molecule has 0 radical (unpaired) electrons. The number of hydrogen-bond acceptors (Lipinski definition) is 5. The van der Waals surface area contributed by atoms with Crippen LogP contribution in [0.25, 0.3) is 0 Å². The smallest absolute Gasteiger partial charge is 0.240 e.